The third-order valence-electron chi connectivity index (χ3n) is 2.05. The molecule has 0 saturated carbocycles. The van der Waals surface area contributed by atoms with Crippen LogP contribution in [0.2, 0.25) is 0 Å². The van der Waals surface area contributed by atoms with Crippen molar-refractivity contribution in [2.45, 2.75) is 12.5 Å². The van der Waals surface area contributed by atoms with Gasteiger partial charge in [0.25, 0.3) is 0 Å². The normalized spacial score (nSPS) is 12.2. The van der Waals surface area contributed by atoms with E-state index in [0.717, 1.165) is 11.4 Å². The van der Waals surface area contributed by atoms with Crippen molar-refractivity contribution in [2.75, 3.05) is 19.0 Å². The van der Waals surface area contributed by atoms with Crippen LogP contribution in [0.25, 0.3) is 0 Å². The minimum Gasteiger partial charge on any atom is -0.481 e. The number of pyridine rings is 1. The molecule has 1 aromatic rings. The van der Waals surface area contributed by atoms with E-state index in [4.69, 9.17) is 10.8 Å². The molecule has 5 nitrogen and oxygen atoms in total. The van der Waals surface area contributed by atoms with Gasteiger partial charge in [-0.1, -0.05) is 6.07 Å². The van der Waals surface area contributed by atoms with Gasteiger partial charge in [0.05, 0.1) is 6.42 Å². The number of carbonyl (C=O) groups is 1. The highest BCUT2D eigenvalue weighted by atomic mass is 16.4. The maximum atomic E-state index is 10.4. The molecule has 1 rings (SSSR count). The lowest BCUT2D eigenvalue weighted by Crippen LogP contribution is -2.16. The van der Waals surface area contributed by atoms with E-state index in [-0.39, 0.29) is 6.42 Å². The second-order valence-corrected chi connectivity index (χ2v) is 3.55. The maximum absolute atomic E-state index is 10.4. The van der Waals surface area contributed by atoms with E-state index in [9.17, 15) is 4.79 Å². The highest BCUT2D eigenvalue weighted by Crippen LogP contribution is 2.15. The molecule has 1 aromatic heterocycles. The highest BCUT2D eigenvalue weighted by Gasteiger charge is 2.10. The molecule has 1 unspecified atom stereocenters. The summed E-state index contributed by atoms with van der Waals surface area (Å²) in [6, 6.07) is 3.12. The minimum atomic E-state index is -0.904. The van der Waals surface area contributed by atoms with Gasteiger partial charge in [0, 0.05) is 26.3 Å². The molecule has 1 heterocycles. The van der Waals surface area contributed by atoms with Crippen molar-refractivity contribution >= 4 is 11.8 Å². The zero-order valence-corrected chi connectivity index (χ0v) is 8.84. The van der Waals surface area contributed by atoms with Gasteiger partial charge in [-0.05, 0) is 11.6 Å². The van der Waals surface area contributed by atoms with Gasteiger partial charge >= 0.3 is 5.97 Å². The summed E-state index contributed by atoms with van der Waals surface area (Å²) in [6.45, 7) is 0. The van der Waals surface area contributed by atoms with E-state index in [1.54, 1.807) is 12.3 Å². The predicted molar refractivity (Wildman–Crippen MR) is 57.7 cm³/mol. The molecule has 0 amide bonds. The summed E-state index contributed by atoms with van der Waals surface area (Å²) < 4.78 is 0. The van der Waals surface area contributed by atoms with E-state index in [1.165, 1.54) is 0 Å². The number of rotatable bonds is 4. The quantitative estimate of drug-likeness (QED) is 0.760. The van der Waals surface area contributed by atoms with Crippen LogP contribution in [-0.2, 0) is 4.79 Å². The van der Waals surface area contributed by atoms with E-state index in [2.05, 4.69) is 4.98 Å². The summed E-state index contributed by atoms with van der Waals surface area (Å²) >= 11 is 0. The van der Waals surface area contributed by atoms with E-state index < -0.39 is 12.0 Å². The number of carboxylic acids is 1. The number of nitrogens with two attached hydrogens (primary N) is 1. The summed E-state index contributed by atoms with van der Waals surface area (Å²) in [5, 5.41) is 8.58. The third-order valence-corrected chi connectivity index (χ3v) is 2.05. The largest absolute Gasteiger partial charge is 0.481 e. The van der Waals surface area contributed by atoms with Crippen LogP contribution in [-0.4, -0.2) is 30.2 Å². The van der Waals surface area contributed by atoms with Gasteiger partial charge in [-0.2, -0.15) is 0 Å². The molecular formula is C10H15N3O2. The Hall–Kier alpha value is -1.62. The molecule has 0 aromatic carbocycles. The summed E-state index contributed by atoms with van der Waals surface area (Å²) in [5.74, 6) is -0.0829. The molecule has 5 heteroatoms. The first-order valence-corrected chi connectivity index (χ1v) is 4.61. The standard InChI is InChI=1S/C10H15N3O2/c1-13(2)9-4-3-7(6-12-9)8(11)5-10(14)15/h3-4,6,8H,5,11H2,1-2H3,(H,14,15). The molecule has 0 aliphatic rings. The van der Waals surface area contributed by atoms with Crippen molar-refractivity contribution in [1.82, 2.24) is 4.98 Å². The summed E-state index contributed by atoms with van der Waals surface area (Å²) in [5.41, 5.74) is 6.43. The lowest BCUT2D eigenvalue weighted by Gasteiger charge is -2.13. The Bertz CT molecular complexity index is 335. The summed E-state index contributed by atoms with van der Waals surface area (Å²) in [6.07, 6.45) is 1.53. The van der Waals surface area contributed by atoms with Gasteiger partial charge < -0.3 is 15.7 Å². The van der Waals surface area contributed by atoms with Gasteiger partial charge in [0.2, 0.25) is 0 Å². The van der Waals surface area contributed by atoms with Gasteiger partial charge in [-0.15, -0.1) is 0 Å². The number of hydrogen-bond acceptors (Lipinski definition) is 4. The Morgan fingerprint density at radius 3 is 2.67 bits per heavy atom. The fraction of sp³-hybridized carbons (Fsp3) is 0.400. The van der Waals surface area contributed by atoms with Crippen LogP contribution in [0.5, 0.6) is 0 Å². The number of anilines is 1. The first-order chi connectivity index (χ1) is 7.00. The van der Waals surface area contributed by atoms with Crippen LogP contribution in [0.3, 0.4) is 0 Å². The Balaban J connectivity index is 2.75. The van der Waals surface area contributed by atoms with Crippen molar-refractivity contribution in [1.29, 1.82) is 0 Å². The number of aromatic nitrogens is 1. The van der Waals surface area contributed by atoms with Gasteiger partial charge in [-0.25, -0.2) is 4.98 Å². The third kappa shape index (κ3) is 3.21. The molecule has 0 fully saturated rings. The van der Waals surface area contributed by atoms with Gasteiger partial charge in [-0.3, -0.25) is 4.79 Å². The van der Waals surface area contributed by atoms with Crippen LogP contribution in [0.15, 0.2) is 18.3 Å². The van der Waals surface area contributed by atoms with Crippen LogP contribution in [0, 0.1) is 0 Å². The minimum absolute atomic E-state index is 0.0804. The lowest BCUT2D eigenvalue weighted by atomic mass is 10.1. The average Bonchev–Trinajstić information content (AvgIpc) is 2.17. The van der Waals surface area contributed by atoms with Crippen molar-refractivity contribution in [3.63, 3.8) is 0 Å². The molecule has 15 heavy (non-hydrogen) atoms. The van der Waals surface area contributed by atoms with Crippen LogP contribution in [0.4, 0.5) is 5.82 Å². The summed E-state index contributed by atoms with van der Waals surface area (Å²) in [4.78, 5) is 16.5. The summed E-state index contributed by atoms with van der Waals surface area (Å²) in [7, 11) is 3.78. The molecule has 82 valence electrons. The first kappa shape index (κ1) is 11.5. The fourth-order valence-electron chi connectivity index (χ4n) is 1.19. The molecule has 0 aliphatic carbocycles. The second kappa shape index (κ2) is 4.75. The second-order valence-electron chi connectivity index (χ2n) is 3.55. The Morgan fingerprint density at radius 1 is 1.60 bits per heavy atom. The Morgan fingerprint density at radius 2 is 2.27 bits per heavy atom. The maximum Gasteiger partial charge on any atom is 0.305 e. The van der Waals surface area contributed by atoms with Crippen LogP contribution < -0.4 is 10.6 Å². The molecular weight excluding hydrogens is 194 g/mol. The molecule has 1 atom stereocenters. The molecule has 0 saturated heterocycles. The lowest BCUT2D eigenvalue weighted by molar-refractivity contribution is -0.137. The molecule has 0 radical (unpaired) electrons. The van der Waals surface area contributed by atoms with Crippen molar-refractivity contribution in [2.24, 2.45) is 5.73 Å². The smallest absolute Gasteiger partial charge is 0.305 e. The number of carboxylic acid groups (broad SMARTS) is 1. The van der Waals surface area contributed by atoms with Gasteiger partial charge in [0.1, 0.15) is 5.82 Å². The highest BCUT2D eigenvalue weighted by molar-refractivity contribution is 5.67. The number of hydrogen-bond donors (Lipinski definition) is 2. The van der Waals surface area contributed by atoms with Gasteiger partial charge in [0.15, 0.2) is 0 Å². The van der Waals surface area contributed by atoms with Crippen molar-refractivity contribution in [3.05, 3.63) is 23.9 Å². The first-order valence-electron chi connectivity index (χ1n) is 4.61. The van der Waals surface area contributed by atoms with Crippen LogP contribution in [0.1, 0.15) is 18.0 Å². The Labute approximate surface area is 88.5 Å². The Kier molecular flexibility index (Phi) is 3.62. The van der Waals surface area contributed by atoms with E-state index >= 15 is 0 Å². The monoisotopic (exact) mass is 209 g/mol. The number of aliphatic carboxylic acids is 1. The molecule has 0 aliphatic heterocycles. The number of nitrogens with zero attached hydrogens (tertiary/aromatic N) is 2. The average molecular weight is 209 g/mol. The molecule has 0 bridgehead atoms. The SMILES string of the molecule is CN(C)c1ccc(C(N)CC(=O)O)cn1. The molecule has 0 spiro atoms. The van der Waals surface area contributed by atoms with Crippen molar-refractivity contribution < 1.29 is 9.90 Å². The topological polar surface area (TPSA) is 79.5 Å². The zero-order chi connectivity index (χ0) is 11.4. The zero-order valence-electron chi connectivity index (χ0n) is 8.84. The van der Waals surface area contributed by atoms with Crippen LogP contribution >= 0.6 is 0 Å². The van der Waals surface area contributed by atoms with E-state index in [1.807, 2.05) is 25.1 Å². The molecule has 3 N–H and O–H groups in total. The van der Waals surface area contributed by atoms with E-state index in [0.29, 0.717) is 0 Å². The predicted octanol–water partition coefficient (Wildman–Crippen LogP) is 0.622. The van der Waals surface area contributed by atoms with Crippen molar-refractivity contribution in [3.8, 4) is 0 Å². The fourth-order valence-corrected chi connectivity index (χ4v) is 1.19.